The van der Waals surface area contributed by atoms with Crippen LogP contribution in [0.3, 0.4) is 0 Å². The van der Waals surface area contributed by atoms with E-state index in [1.165, 1.54) is 6.08 Å². The van der Waals surface area contributed by atoms with E-state index < -0.39 is 18.4 Å². The Morgan fingerprint density at radius 1 is 1.71 bits per heavy atom. The molecule has 0 aliphatic carbocycles. The van der Waals surface area contributed by atoms with Crippen molar-refractivity contribution in [1.82, 2.24) is 5.32 Å². The molecule has 1 heterocycles. The van der Waals surface area contributed by atoms with Gasteiger partial charge < -0.3 is 14.8 Å². The fraction of sp³-hybridized carbons (Fsp3) is 0.556. The molecule has 0 saturated carbocycles. The third kappa shape index (κ3) is 2.76. The number of hydrogen-bond acceptors (Lipinski definition) is 4. The summed E-state index contributed by atoms with van der Waals surface area (Å²) < 4.78 is 9.49. The number of esters is 1. The van der Waals surface area contributed by atoms with Gasteiger partial charge in [-0.2, -0.15) is 0 Å². The highest BCUT2D eigenvalue weighted by Gasteiger charge is 2.24. The molecule has 0 radical (unpaired) electrons. The molecule has 1 aliphatic rings. The molecule has 0 spiro atoms. The third-order valence-electron chi connectivity index (χ3n) is 1.67. The minimum atomic E-state index is -0.876. The molecule has 78 valence electrons. The molecule has 0 aromatic heterocycles. The normalized spacial score (nSPS) is 20.0. The van der Waals surface area contributed by atoms with Crippen LogP contribution in [0.1, 0.15) is 20.3 Å². The van der Waals surface area contributed by atoms with Crippen molar-refractivity contribution in [3.63, 3.8) is 0 Å². The third-order valence-corrected chi connectivity index (χ3v) is 1.67. The van der Waals surface area contributed by atoms with Gasteiger partial charge in [-0.15, -0.1) is 0 Å². The van der Waals surface area contributed by atoms with Crippen LogP contribution < -0.4 is 5.32 Å². The lowest BCUT2D eigenvalue weighted by atomic mass is 10.3. The van der Waals surface area contributed by atoms with Crippen LogP contribution in [0, 0.1) is 0 Å². The molecule has 0 aromatic carbocycles. The van der Waals surface area contributed by atoms with Crippen molar-refractivity contribution in [3.8, 4) is 0 Å². The van der Waals surface area contributed by atoms with E-state index in [2.05, 4.69) is 5.32 Å². The van der Waals surface area contributed by atoms with Crippen LogP contribution in [0.25, 0.3) is 0 Å². The van der Waals surface area contributed by atoms with Gasteiger partial charge in [-0.1, -0.05) is 6.92 Å². The van der Waals surface area contributed by atoms with Crippen molar-refractivity contribution in [1.29, 1.82) is 0 Å². The molecule has 1 rings (SSSR count). The van der Waals surface area contributed by atoms with Crippen molar-refractivity contribution < 1.29 is 19.1 Å². The number of rotatable bonds is 3. The SMILES string of the molecule is CCCNC(=O)OC1C=C(C)C(=O)O1. The Bertz CT molecular complexity index is 272. The van der Waals surface area contributed by atoms with E-state index in [4.69, 9.17) is 9.47 Å². The summed E-state index contributed by atoms with van der Waals surface area (Å²) in [6, 6.07) is 0. The predicted molar refractivity (Wildman–Crippen MR) is 48.4 cm³/mol. The largest absolute Gasteiger partial charge is 0.418 e. The average molecular weight is 199 g/mol. The van der Waals surface area contributed by atoms with Gasteiger partial charge in [0.1, 0.15) is 0 Å². The molecular formula is C9H13NO4. The molecule has 0 bridgehead atoms. The molecule has 0 fully saturated rings. The Balaban J connectivity index is 2.32. The van der Waals surface area contributed by atoms with Crippen LogP contribution in [-0.4, -0.2) is 24.9 Å². The summed E-state index contributed by atoms with van der Waals surface area (Å²) >= 11 is 0. The first kappa shape index (κ1) is 10.6. The zero-order valence-electron chi connectivity index (χ0n) is 8.20. The van der Waals surface area contributed by atoms with Crippen molar-refractivity contribution in [2.45, 2.75) is 26.6 Å². The second-order valence-corrected chi connectivity index (χ2v) is 2.96. The number of carbonyl (C=O) groups excluding carboxylic acids is 2. The smallest absolute Gasteiger partial charge is 0.410 e. The number of amides is 1. The van der Waals surface area contributed by atoms with E-state index in [9.17, 15) is 9.59 Å². The molecule has 0 saturated heterocycles. The molecule has 1 N–H and O–H groups in total. The molecule has 0 aromatic rings. The summed E-state index contributed by atoms with van der Waals surface area (Å²) in [5, 5.41) is 2.51. The maximum Gasteiger partial charge on any atom is 0.410 e. The fourth-order valence-corrected chi connectivity index (χ4v) is 0.937. The summed E-state index contributed by atoms with van der Waals surface area (Å²) in [7, 11) is 0. The lowest BCUT2D eigenvalue weighted by Crippen LogP contribution is -2.29. The summed E-state index contributed by atoms with van der Waals surface area (Å²) in [5.41, 5.74) is 0.457. The van der Waals surface area contributed by atoms with E-state index in [0.717, 1.165) is 6.42 Å². The maximum atomic E-state index is 11.0. The van der Waals surface area contributed by atoms with E-state index in [1.54, 1.807) is 6.92 Å². The quantitative estimate of drug-likeness (QED) is 0.687. The van der Waals surface area contributed by atoms with Gasteiger partial charge in [0.05, 0.1) is 0 Å². The van der Waals surface area contributed by atoms with Crippen molar-refractivity contribution in [3.05, 3.63) is 11.6 Å². The Labute approximate surface area is 82.1 Å². The molecule has 1 amide bonds. The van der Waals surface area contributed by atoms with Crippen molar-refractivity contribution >= 4 is 12.1 Å². The lowest BCUT2D eigenvalue weighted by molar-refractivity contribution is -0.151. The number of ether oxygens (including phenoxy) is 2. The van der Waals surface area contributed by atoms with Crippen LogP contribution in [-0.2, 0) is 14.3 Å². The second kappa shape index (κ2) is 4.64. The molecule has 1 aliphatic heterocycles. The van der Waals surface area contributed by atoms with E-state index >= 15 is 0 Å². The van der Waals surface area contributed by atoms with Gasteiger partial charge in [-0.3, -0.25) is 0 Å². The van der Waals surface area contributed by atoms with Gasteiger partial charge in [0, 0.05) is 18.2 Å². The summed E-state index contributed by atoms with van der Waals surface area (Å²) in [6.45, 7) is 4.08. The van der Waals surface area contributed by atoms with Gasteiger partial charge in [-0.05, 0) is 13.3 Å². The standard InChI is InChI=1S/C9H13NO4/c1-3-4-10-9(12)14-7-5-6(2)8(11)13-7/h5,7H,3-4H2,1-2H3,(H,10,12). The molecule has 1 unspecified atom stereocenters. The van der Waals surface area contributed by atoms with Crippen molar-refractivity contribution in [2.24, 2.45) is 0 Å². The first-order chi connectivity index (χ1) is 6.63. The Morgan fingerprint density at radius 2 is 2.43 bits per heavy atom. The fourth-order valence-electron chi connectivity index (χ4n) is 0.937. The highest BCUT2D eigenvalue weighted by Crippen LogP contribution is 2.13. The molecular weight excluding hydrogens is 186 g/mol. The van der Waals surface area contributed by atoms with Crippen LogP contribution in [0.4, 0.5) is 4.79 Å². The number of hydrogen-bond donors (Lipinski definition) is 1. The minimum absolute atomic E-state index is 0.446. The Morgan fingerprint density at radius 3 is 2.93 bits per heavy atom. The number of nitrogens with one attached hydrogen (secondary N) is 1. The topological polar surface area (TPSA) is 64.6 Å². The van der Waals surface area contributed by atoms with Gasteiger partial charge in [0.15, 0.2) is 0 Å². The number of alkyl carbamates (subject to hydrolysis) is 1. The molecule has 14 heavy (non-hydrogen) atoms. The summed E-state index contributed by atoms with van der Waals surface area (Å²) in [6.07, 6.45) is 0.845. The highest BCUT2D eigenvalue weighted by atomic mass is 16.7. The Kier molecular flexibility index (Phi) is 3.50. The molecule has 1 atom stereocenters. The average Bonchev–Trinajstić information content (AvgIpc) is 2.42. The number of carbonyl (C=O) groups is 2. The zero-order chi connectivity index (χ0) is 10.6. The van der Waals surface area contributed by atoms with Crippen LogP contribution in [0.2, 0.25) is 0 Å². The van der Waals surface area contributed by atoms with Gasteiger partial charge in [0.25, 0.3) is 6.29 Å². The van der Waals surface area contributed by atoms with Gasteiger partial charge in [-0.25, -0.2) is 9.59 Å². The van der Waals surface area contributed by atoms with Crippen LogP contribution in [0.5, 0.6) is 0 Å². The molecule has 5 heteroatoms. The first-order valence-corrected chi connectivity index (χ1v) is 4.47. The van der Waals surface area contributed by atoms with Gasteiger partial charge >= 0.3 is 12.1 Å². The second-order valence-electron chi connectivity index (χ2n) is 2.96. The first-order valence-electron chi connectivity index (χ1n) is 4.47. The summed E-state index contributed by atoms with van der Waals surface area (Å²) in [4.78, 5) is 21.9. The minimum Gasteiger partial charge on any atom is -0.418 e. The van der Waals surface area contributed by atoms with Crippen molar-refractivity contribution in [2.75, 3.05) is 6.54 Å². The van der Waals surface area contributed by atoms with Crippen LogP contribution >= 0.6 is 0 Å². The summed E-state index contributed by atoms with van der Waals surface area (Å²) in [5.74, 6) is -0.446. The predicted octanol–water partition coefficient (Wildman–Crippen LogP) is 0.952. The maximum absolute atomic E-state index is 11.0. The van der Waals surface area contributed by atoms with E-state index in [-0.39, 0.29) is 0 Å². The molecule has 5 nitrogen and oxygen atoms in total. The van der Waals surface area contributed by atoms with E-state index in [0.29, 0.717) is 12.1 Å². The van der Waals surface area contributed by atoms with E-state index in [1.807, 2.05) is 6.92 Å². The van der Waals surface area contributed by atoms with Gasteiger partial charge in [0.2, 0.25) is 0 Å². The highest BCUT2D eigenvalue weighted by molar-refractivity contribution is 5.90. The monoisotopic (exact) mass is 199 g/mol. The number of cyclic esters (lactones) is 1. The van der Waals surface area contributed by atoms with Crippen LogP contribution in [0.15, 0.2) is 11.6 Å². The zero-order valence-corrected chi connectivity index (χ0v) is 8.20. The lowest BCUT2D eigenvalue weighted by Gasteiger charge is -2.10. The Hall–Kier alpha value is -1.52.